The van der Waals surface area contributed by atoms with E-state index in [1.807, 2.05) is 6.92 Å². The fourth-order valence-corrected chi connectivity index (χ4v) is 4.15. The Balaban J connectivity index is 2.10. The van der Waals surface area contributed by atoms with Crippen LogP contribution in [0.4, 0.5) is 5.69 Å². The fraction of sp³-hybridized carbons (Fsp3) is 0.273. The quantitative estimate of drug-likeness (QED) is 0.252. The third-order valence-corrected chi connectivity index (χ3v) is 5.85. The molecule has 9 nitrogen and oxygen atoms in total. The number of hydrogen-bond acceptors (Lipinski definition) is 7. The molecule has 0 radical (unpaired) electrons. The van der Waals surface area contributed by atoms with Crippen molar-refractivity contribution in [3.63, 3.8) is 0 Å². The Morgan fingerprint density at radius 2 is 1.94 bits per heavy atom. The first-order valence-electron chi connectivity index (χ1n) is 9.83. The molecule has 0 aliphatic heterocycles. The molecule has 0 aromatic heterocycles. The summed E-state index contributed by atoms with van der Waals surface area (Å²) in [6.45, 7) is 5.82. The van der Waals surface area contributed by atoms with E-state index in [2.05, 4.69) is 33.0 Å². The summed E-state index contributed by atoms with van der Waals surface area (Å²) in [5, 5.41) is 3.92. The zero-order chi connectivity index (χ0) is 24.4. The van der Waals surface area contributed by atoms with Crippen molar-refractivity contribution in [2.24, 2.45) is 5.10 Å². The predicted octanol–water partition coefficient (Wildman–Crippen LogP) is 3.34. The van der Waals surface area contributed by atoms with Gasteiger partial charge >= 0.3 is 0 Å². The predicted molar refractivity (Wildman–Crippen MR) is 132 cm³/mol. The molecule has 2 aromatic rings. The van der Waals surface area contributed by atoms with Gasteiger partial charge in [-0.1, -0.05) is 12.7 Å². The largest absolute Gasteiger partial charge is 0.494 e. The zero-order valence-corrected chi connectivity index (χ0v) is 21.0. The number of amides is 1. The van der Waals surface area contributed by atoms with Crippen LogP contribution in [0, 0.1) is 0 Å². The van der Waals surface area contributed by atoms with E-state index in [-0.39, 0.29) is 0 Å². The lowest BCUT2D eigenvalue weighted by molar-refractivity contribution is -0.119. The summed E-state index contributed by atoms with van der Waals surface area (Å²) >= 11 is 3.41. The summed E-state index contributed by atoms with van der Waals surface area (Å²) in [7, 11) is -2.20. The van der Waals surface area contributed by atoms with Crippen LogP contribution in [0.3, 0.4) is 0 Å². The lowest BCUT2D eigenvalue weighted by Crippen LogP contribution is -2.39. The molecule has 0 aliphatic carbocycles. The molecule has 11 heteroatoms. The second-order valence-electron chi connectivity index (χ2n) is 6.62. The van der Waals surface area contributed by atoms with E-state index in [9.17, 15) is 13.2 Å². The van der Waals surface area contributed by atoms with Gasteiger partial charge in [0.2, 0.25) is 10.0 Å². The van der Waals surface area contributed by atoms with Gasteiger partial charge in [-0.3, -0.25) is 9.10 Å². The van der Waals surface area contributed by atoms with Gasteiger partial charge in [-0.25, -0.2) is 13.8 Å². The number of anilines is 1. The average Bonchev–Trinajstić information content (AvgIpc) is 2.76. The van der Waals surface area contributed by atoms with Gasteiger partial charge in [-0.2, -0.15) is 5.10 Å². The Hall–Kier alpha value is -3.05. The summed E-state index contributed by atoms with van der Waals surface area (Å²) in [5.74, 6) is 0.976. The number of ether oxygens (including phenoxy) is 3. The highest BCUT2D eigenvalue weighted by atomic mass is 79.9. The molecule has 33 heavy (non-hydrogen) atoms. The minimum absolute atomic E-state index is 0.309. The normalized spacial score (nSPS) is 11.2. The number of carbonyl (C=O) groups is 1. The summed E-state index contributed by atoms with van der Waals surface area (Å²) in [6, 6.07) is 9.84. The lowest BCUT2D eigenvalue weighted by Gasteiger charge is -2.21. The number of methoxy groups -OCH3 is 1. The molecule has 2 aromatic carbocycles. The Labute approximate surface area is 202 Å². The SMILES string of the molecule is C=CCOc1c(Br)cc(/C=N\NC(=O)CN(c2ccc(OCC)cc2)S(C)(=O)=O)cc1OC. The van der Waals surface area contributed by atoms with Crippen LogP contribution in [0.1, 0.15) is 12.5 Å². The van der Waals surface area contributed by atoms with E-state index in [0.717, 1.165) is 10.6 Å². The van der Waals surface area contributed by atoms with Crippen LogP contribution in [0.15, 0.2) is 58.6 Å². The molecule has 0 heterocycles. The fourth-order valence-electron chi connectivity index (χ4n) is 2.72. The van der Waals surface area contributed by atoms with Crippen molar-refractivity contribution in [2.45, 2.75) is 6.92 Å². The highest BCUT2D eigenvalue weighted by Crippen LogP contribution is 2.36. The van der Waals surface area contributed by atoms with Crippen LogP contribution in [0.2, 0.25) is 0 Å². The number of nitrogens with one attached hydrogen (secondary N) is 1. The molecule has 0 spiro atoms. The topological polar surface area (TPSA) is 107 Å². The first kappa shape index (κ1) is 26.2. The monoisotopic (exact) mass is 539 g/mol. The number of nitrogens with zero attached hydrogens (tertiary/aromatic N) is 2. The van der Waals surface area contributed by atoms with Crippen LogP contribution in [0.5, 0.6) is 17.2 Å². The Morgan fingerprint density at radius 3 is 2.52 bits per heavy atom. The maximum Gasteiger partial charge on any atom is 0.260 e. The number of sulfonamides is 1. The number of rotatable bonds is 12. The molecule has 0 aliphatic rings. The van der Waals surface area contributed by atoms with Crippen molar-refractivity contribution in [3.8, 4) is 17.2 Å². The first-order valence-corrected chi connectivity index (χ1v) is 12.5. The number of hydrazone groups is 1. The zero-order valence-electron chi connectivity index (χ0n) is 18.6. The molecule has 0 saturated carbocycles. The molecule has 2 rings (SSSR count). The van der Waals surface area contributed by atoms with Gasteiger partial charge in [-0.05, 0) is 64.8 Å². The molecule has 1 N–H and O–H groups in total. The van der Waals surface area contributed by atoms with Gasteiger partial charge in [0.15, 0.2) is 11.5 Å². The number of halogens is 1. The standard InChI is InChI=1S/C22H26BrN3O6S/c1-5-11-32-22-19(23)12-16(13-20(22)30-3)14-24-25-21(27)15-26(33(4,28)29)17-7-9-18(10-8-17)31-6-2/h5,7-10,12-14H,1,6,11,15H2,2-4H3,(H,25,27)/b24-14-. The van der Waals surface area contributed by atoms with Gasteiger partial charge in [0.25, 0.3) is 5.91 Å². The van der Waals surface area contributed by atoms with Crippen LogP contribution in [-0.4, -0.2) is 53.7 Å². The second-order valence-corrected chi connectivity index (χ2v) is 9.38. The van der Waals surface area contributed by atoms with E-state index in [1.165, 1.54) is 13.3 Å². The molecule has 0 atom stereocenters. The Kier molecular flexibility index (Phi) is 9.74. The number of benzene rings is 2. The summed E-state index contributed by atoms with van der Waals surface area (Å²) in [5.41, 5.74) is 3.30. The summed E-state index contributed by atoms with van der Waals surface area (Å²) in [4.78, 5) is 12.4. The minimum Gasteiger partial charge on any atom is -0.494 e. The highest BCUT2D eigenvalue weighted by Gasteiger charge is 2.21. The smallest absolute Gasteiger partial charge is 0.260 e. The van der Waals surface area contributed by atoms with Crippen molar-refractivity contribution in [3.05, 3.63) is 59.1 Å². The first-order chi connectivity index (χ1) is 15.7. The molecule has 0 unspecified atom stereocenters. The number of carbonyl (C=O) groups excluding carboxylic acids is 1. The van der Waals surface area contributed by atoms with Gasteiger partial charge in [0.1, 0.15) is 18.9 Å². The minimum atomic E-state index is -3.71. The van der Waals surface area contributed by atoms with E-state index >= 15 is 0 Å². The second kappa shape index (κ2) is 12.3. The Morgan fingerprint density at radius 1 is 1.24 bits per heavy atom. The van der Waals surface area contributed by atoms with Crippen molar-refractivity contribution < 1.29 is 27.4 Å². The van der Waals surface area contributed by atoms with E-state index < -0.39 is 22.5 Å². The van der Waals surface area contributed by atoms with Crippen LogP contribution in [-0.2, 0) is 14.8 Å². The summed E-state index contributed by atoms with van der Waals surface area (Å²) in [6.07, 6.45) is 4.05. The molecule has 0 fully saturated rings. The van der Waals surface area contributed by atoms with E-state index in [1.54, 1.807) is 42.5 Å². The van der Waals surface area contributed by atoms with E-state index in [4.69, 9.17) is 14.2 Å². The third-order valence-electron chi connectivity index (χ3n) is 4.12. The van der Waals surface area contributed by atoms with Crippen LogP contribution >= 0.6 is 15.9 Å². The average molecular weight is 540 g/mol. The van der Waals surface area contributed by atoms with Gasteiger partial charge < -0.3 is 14.2 Å². The van der Waals surface area contributed by atoms with Crippen molar-refractivity contribution >= 4 is 43.8 Å². The molecule has 178 valence electrons. The van der Waals surface area contributed by atoms with Gasteiger partial charge in [0, 0.05) is 0 Å². The van der Waals surface area contributed by atoms with Crippen LogP contribution in [0.25, 0.3) is 0 Å². The maximum absolute atomic E-state index is 12.4. The molecule has 1 amide bonds. The van der Waals surface area contributed by atoms with Crippen LogP contribution < -0.4 is 23.9 Å². The number of hydrogen-bond donors (Lipinski definition) is 1. The van der Waals surface area contributed by atoms with Crippen molar-refractivity contribution in [1.29, 1.82) is 0 Å². The van der Waals surface area contributed by atoms with Crippen molar-refractivity contribution in [2.75, 3.05) is 37.4 Å². The lowest BCUT2D eigenvalue weighted by atomic mass is 10.2. The van der Waals surface area contributed by atoms with Gasteiger partial charge in [0.05, 0.1) is 36.3 Å². The Bertz CT molecular complexity index is 1100. The maximum atomic E-state index is 12.4. The van der Waals surface area contributed by atoms with E-state index in [0.29, 0.717) is 46.2 Å². The van der Waals surface area contributed by atoms with Crippen molar-refractivity contribution in [1.82, 2.24) is 5.43 Å². The molecular weight excluding hydrogens is 514 g/mol. The van der Waals surface area contributed by atoms with Gasteiger partial charge in [-0.15, -0.1) is 0 Å². The summed E-state index contributed by atoms with van der Waals surface area (Å²) < 4.78 is 42.3. The molecule has 0 bridgehead atoms. The molecular formula is C22H26BrN3O6S. The third kappa shape index (κ3) is 7.79. The highest BCUT2D eigenvalue weighted by molar-refractivity contribution is 9.10. The molecule has 0 saturated heterocycles.